The molecule has 1 amide bonds. The highest BCUT2D eigenvalue weighted by Crippen LogP contribution is 2.34. The van der Waals surface area contributed by atoms with Crippen molar-refractivity contribution in [2.45, 2.75) is 32.3 Å². The fourth-order valence-electron chi connectivity index (χ4n) is 5.18. The zero-order valence-corrected chi connectivity index (χ0v) is 21.1. The van der Waals surface area contributed by atoms with Crippen molar-refractivity contribution in [3.63, 3.8) is 0 Å². The van der Waals surface area contributed by atoms with Crippen LogP contribution in [0.15, 0.2) is 24.3 Å². The maximum atomic E-state index is 12.3. The number of hydrogen-bond donors (Lipinski definition) is 0. The number of likely N-dealkylation sites (tertiary alicyclic amines) is 1. The van der Waals surface area contributed by atoms with Gasteiger partial charge >= 0.3 is 0 Å². The number of aryl methyl sites for hydroxylation is 2. The zero-order valence-electron chi connectivity index (χ0n) is 21.1. The predicted molar refractivity (Wildman–Crippen MR) is 137 cm³/mol. The number of fused-ring (bicyclic) bond motifs is 2. The number of para-hydroxylation sites is 2. The molecule has 11 nitrogen and oxygen atoms in total. The number of amides is 1. The Kier molecular flexibility index (Phi) is 5.27. The van der Waals surface area contributed by atoms with Crippen molar-refractivity contribution in [1.29, 1.82) is 0 Å². The fraction of sp³-hybridized carbons (Fsp3) is 0.500. The van der Waals surface area contributed by atoms with Gasteiger partial charge in [-0.3, -0.25) is 13.9 Å². The number of carbonyl (C=O) groups is 1. The molecule has 0 bridgehead atoms. The number of morpholine rings is 1. The Morgan fingerprint density at radius 1 is 1.08 bits per heavy atom. The third-order valence-corrected chi connectivity index (χ3v) is 7.46. The SMILES string of the molecule is CCc1nc2ccccc2n1-c1nc(N2CCOCC2)c2nc(OC3CN(C(=O)C4CC4)C3)n(C)c2n1. The molecule has 0 N–H and O–H groups in total. The summed E-state index contributed by atoms with van der Waals surface area (Å²) in [6.07, 6.45) is 2.72. The molecular formula is C26H30N8O3. The molecule has 1 aliphatic carbocycles. The van der Waals surface area contributed by atoms with Gasteiger partial charge in [0.1, 0.15) is 11.9 Å². The highest BCUT2D eigenvalue weighted by molar-refractivity contribution is 5.86. The smallest absolute Gasteiger partial charge is 0.298 e. The molecule has 0 spiro atoms. The molecule has 3 aromatic heterocycles. The first-order valence-corrected chi connectivity index (χ1v) is 13.1. The molecule has 11 heteroatoms. The van der Waals surface area contributed by atoms with Crippen molar-refractivity contribution in [1.82, 2.24) is 34.0 Å². The van der Waals surface area contributed by atoms with Gasteiger partial charge in [-0.1, -0.05) is 19.1 Å². The highest BCUT2D eigenvalue weighted by atomic mass is 16.5. The van der Waals surface area contributed by atoms with Gasteiger partial charge in [0.25, 0.3) is 6.01 Å². The summed E-state index contributed by atoms with van der Waals surface area (Å²) in [4.78, 5) is 36.1. The van der Waals surface area contributed by atoms with Crippen LogP contribution in [0.5, 0.6) is 6.01 Å². The first-order valence-electron chi connectivity index (χ1n) is 13.1. The van der Waals surface area contributed by atoms with Crippen LogP contribution in [0.2, 0.25) is 0 Å². The quantitative estimate of drug-likeness (QED) is 0.395. The minimum atomic E-state index is -0.0678. The van der Waals surface area contributed by atoms with Gasteiger partial charge in [0.15, 0.2) is 17.0 Å². The maximum absolute atomic E-state index is 12.3. The molecule has 2 aliphatic heterocycles. The predicted octanol–water partition coefficient (Wildman–Crippen LogP) is 2.10. The van der Waals surface area contributed by atoms with Crippen molar-refractivity contribution in [2.24, 2.45) is 13.0 Å². The number of anilines is 1. The van der Waals surface area contributed by atoms with E-state index in [1.807, 2.05) is 45.3 Å². The van der Waals surface area contributed by atoms with Gasteiger partial charge in [-0.15, -0.1) is 0 Å². The van der Waals surface area contributed by atoms with Gasteiger partial charge in [-0.2, -0.15) is 15.0 Å². The Bertz CT molecular complexity index is 1490. The Labute approximate surface area is 214 Å². The van der Waals surface area contributed by atoms with Crippen LogP contribution >= 0.6 is 0 Å². The number of aromatic nitrogens is 6. The Morgan fingerprint density at radius 2 is 1.86 bits per heavy atom. The monoisotopic (exact) mass is 502 g/mol. The summed E-state index contributed by atoms with van der Waals surface area (Å²) in [7, 11) is 1.92. The second kappa shape index (κ2) is 8.69. The lowest BCUT2D eigenvalue weighted by molar-refractivity contribution is -0.141. The molecule has 4 aromatic rings. The van der Waals surface area contributed by atoms with E-state index in [0.29, 0.717) is 49.4 Å². The fourth-order valence-corrected chi connectivity index (χ4v) is 5.18. The van der Waals surface area contributed by atoms with E-state index >= 15 is 0 Å². The van der Waals surface area contributed by atoms with Crippen molar-refractivity contribution in [3.8, 4) is 12.0 Å². The van der Waals surface area contributed by atoms with Crippen LogP contribution < -0.4 is 9.64 Å². The summed E-state index contributed by atoms with van der Waals surface area (Å²) in [5, 5.41) is 0. The third-order valence-electron chi connectivity index (χ3n) is 7.46. The van der Waals surface area contributed by atoms with E-state index in [1.165, 1.54) is 0 Å². The molecule has 1 aromatic carbocycles. The van der Waals surface area contributed by atoms with Crippen molar-refractivity contribution < 1.29 is 14.3 Å². The van der Waals surface area contributed by atoms with Crippen LogP contribution in [0.1, 0.15) is 25.6 Å². The lowest BCUT2D eigenvalue weighted by Gasteiger charge is -2.38. The van der Waals surface area contributed by atoms with E-state index in [1.54, 1.807) is 0 Å². The van der Waals surface area contributed by atoms with E-state index in [0.717, 1.165) is 55.0 Å². The van der Waals surface area contributed by atoms with E-state index in [2.05, 4.69) is 11.8 Å². The Morgan fingerprint density at radius 3 is 2.62 bits per heavy atom. The summed E-state index contributed by atoms with van der Waals surface area (Å²) in [6, 6.07) is 8.55. The largest absolute Gasteiger partial charge is 0.458 e. The molecule has 0 unspecified atom stereocenters. The van der Waals surface area contributed by atoms with Crippen molar-refractivity contribution in [2.75, 3.05) is 44.3 Å². The van der Waals surface area contributed by atoms with E-state index in [-0.39, 0.29) is 17.9 Å². The van der Waals surface area contributed by atoms with Crippen LogP contribution in [-0.2, 0) is 23.0 Å². The number of carbonyl (C=O) groups excluding carboxylic acids is 1. The summed E-state index contributed by atoms with van der Waals surface area (Å²) in [6.45, 7) is 6.02. The van der Waals surface area contributed by atoms with Crippen LogP contribution in [0.3, 0.4) is 0 Å². The Hall–Kier alpha value is -3.73. The molecule has 5 heterocycles. The normalized spacial score (nSPS) is 18.5. The van der Waals surface area contributed by atoms with Gasteiger partial charge in [-0.05, 0) is 25.0 Å². The molecule has 37 heavy (non-hydrogen) atoms. The molecule has 3 fully saturated rings. The number of benzene rings is 1. The standard InChI is InChI=1S/C26H30N8O3/c1-3-20-27-18-6-4-5-7-19(18)34(20)25-29-22-21(23(30-25)32-10-12-36-13-11-32)28-26(31(22)2)37-17-14-33(15-17)24(35)16-8-9-16/h4-7,16-17H,3,8-15H2,1-2H3. The molecule has 1 saturated carbocycles. The molecule has 7 rings (SSSR count). The average Bonchev–Trinajstić information content (AvgIpc) is 3.62. The molecule has 0 atom stereocenters. The first kappa shape index (κ1) is 22.5. The molecular weight excluding hydrogens is 472 g/mol. The average molecular weight is 503 g/mol. The van der Waals surface area contributed by atoms with E-state index < -0.39 is 0 Å². The summed E-state index contributed by atoms with van der Waals surface area (Å²) in [5.74, 6) is 2.73. The Balaban J connectivity index is 1.29. The molecule has 192 valence electrons. The van der Waals surface area contributed by atoms with Gasteiger partial charge in [-0.25, -0.2) is 4.98 Å². The number of imidazole rings is 2. The second-order valence-corrected chi connectivity index (χ2v) is 10.0. The summed E-state index contributed by atoms with van der Waals surface area (Å²) >= 11 is 0. The molecule has 3 aliphatic rings. The van der Waals surface area contributed by atoms with E-state index in [9.17, 15) is 4.79 Å². The molecule has 2 saturated heterocycles. The van der Waals surface area contributed by atoms with Gasteiger partial charge < -0.3 is 19.3 Å². The van der Waals surface area contributed by atoms with Crippen molar-refractivity contribution in [3.05, 3.63) is 30.1 Å². The summed E-state index contributed by atoms with van der Waals surface area (Å²) in [5.41, 5.74) is 3.29. The van der Waals surface area contributed by atoms with E-state index in [4.69, 9.17) is 29.4 Å². The van der Waals surface area contributed by atoms with Crippen LogP contribution in [0, 0.1) is 5.92 Å². The number of nitrogens with zero attached hydrogens (tertiary/aromatic N) is 8. The van der Waals surface area contributed by atoms with Gasteiger partial charge in [0.2, 0.25) is 11.9 Å². The summed E-state index contributed by atoms with van der Waals surface area (Å²) < 4.78 is 15.8. The maximum Gasteiger partial charge on any atom is 0.298 e. The van der Waals surface area contributed by atoms with Crippen LogP contribution in [-0.4, -0.2) is 85.4 Å². The highest BCUT2D eigenvalue weighted by Gasteiger charge is 2.40. The number of rotatable bonds is 6. The second-order valence-electron chi connectivity index (χ2n) is 10.0. The number of ether oxygens (including phenoxy) is 2. The topological polar surface area (TPSA) is 103 Å². The lowest BCUT2D eigenvalue weighted by atomic mass is 10.1. The minimum absolute atomic E-state index is 0.0678. The first-order chi connectivity index (χ1) is 18.1. The van der Waals surface area contributed by atoms with Gasteiger partial charge in [0.05, 0.1) is 37.3 Å². The van der Waals surface area contributed by atoms with Crippen molar-refractivity contribution >= 4 is 33.9 Å². The van der Waals surface area contributed by atoms with Crippen LogP contribution in [0.4, 0.5) is 5.82 Å². The van der Waals surface area contributed by atoms with Gasteiger partial charge in [0, 0.05) is 32.5 Å². The number of hydrogen-bond acceptors (Lipinski definition) is 8. The lowest BCUT2D eigenvalue weighted by Crippen LogP contribution is -2.56. The minimum Gasteiger partial charge on any atom is -0.458 e. The zero-order chi connectivity index (χ0) is 25.1. The third kappa shape index (κ3) is 3.79. The van der Waals surface area contributed by atoms with Crippen LogP contribution in [0.25, 0.3) is 28.1 Å². The molecule has 0 radical (unpaired) electrons.